The van der Waals surface area contributed by atoms with Crippen molar-refractivity contribution >= 4 is 0 Å². The van der Waals surface area contributed by atoms with E-state index in [9.17, 15) is 0 Å². The summed E-state index contributed by atoms with van der Waals surface area (Å²) in [6.45, 7) is 3.77. The van der Waals surface area contributed by atoms with Gasteiger partial charge in [0.05, 0.1) is 6.20 Å². The normalized spacial score (nSPS) is 27.9. The third-order valence-electron chi connectivity index (χ3n) is 2.67. The van der Waals surface area contributed by atoms with Gasteiger partial charge in [-0.25, -0.2) is 0 Å². The Bertz CT molecular complexity index is 297. The number of nitrogens with zero attached hydrogens (tertiary/aromatic N) is 2. The molecule has 0 unspecified atom stereocenters. The molecule has 4 heteroatoms. The Morgan fingerprint density at radius 1 is 1.71 bits per heavy atom. The Labute approximate surface area is 84.0 Å². The number of ether oxygens (including phenoxy) is 1. The highest BCUT2D eigenvalue weighted by Gasteiger charge is 2.25. The fraction of sp³-hybridized carbons (Fsp3) is 0.700. The van der Waals surface area contributed by atoms with Crippen LogP contribution in [0.1, 0.15) is 31.4 Å². The summed E-state index contributed by atoms with van der Waals surface area (Å²) in [5.41, 5.74) is 7.11. The van der Waals surface area contributed by atoms with Crippen LogP contribution in [0, 0.1) is 0 Å². The van der Waals surface area contributed by atoms with Crippen molar-refractivity contribution in [2.45, 2.75) is 38.5 Å². The van der Waals surface area contributed by atoms with Gasteiger partial charge >= 0.3 is 0 Å². The lowest BCUT2D eigenvalue weighted by Crippen LogP contribution is -2.34. The van der Waals surface area contributed by atoms with Crippen LogP contribution >= 0.6 is 0 Å². The molecule has 0 saturated carbocycles. The molecule has 1 saturated heterocycles. The van der Waals surface area contributed by atoms with Gasteiger partial charge in [-0.2, -0.15) is 5.10 Å². The minimum atomic E-state index is 0.0454. The highest BCUT2D eigenvalue weighted by atomic mass is 16.5. The summed E-state index contributed by atoms with van der Waals surface area (Å²) in [4.78, 5) is 0. The first kappa shape index (κ1) is 9.68. The van der Waals surface area contributed by atoms with Crippen LogP contribution in [0.5, 0.6) is 0 Å². The Hall–Kier alpha value is -0.870. The van der Waals surface area contributed by atoms with Crippen LogP contribution in [0.3, 0.4) is 0 Å². The summed E-state index contributed by atoms with van der Waals surface area (Å²) < 4.78 is 7.56. The number of aromatic nitrogens is 2. The number of rotatable bonds is 2. The lowest BCUT2D eigenvalue weighted by molar-refractivity contribution is 0.0000955. The fourth-order valence-electron chi connectivity index (χ4n) is 1.85. The van der Waals surface area contributed by atoms with Crippen molar-refractivity contribution in [2.75, 3.05) is 6.61 Å². The first-order valence-corrected chi connectivity index (χ1v) is 5.21. The lowest BCUT2D eigenvalue weighted by Gasteiger charge is -2.27. The van der Waals surface area contributed by atoms with E-state index in [1.54, 1.807) is 0 Å². The Morgan fingerprint density at radius 2 is 2.57 bits per heavy atom. The van der Waals surface area contributed by atoms with E-state index in [0.29, 0.717) is 0 Å². The molecule has 78 valence electrons. The standard InChI is InChI=1S/C10H17N3O/c1-2-13-7-8(6-12-13)10-9(11)4-3-5-14-10/h6-7,9-10H,2-5,11H2,1H3/t9-,10+/m1/s1. The average Bonchev–Trinajstić information content (AvgIpc) is 2.67. The molecule has 0 amide bonds. The monoisotopic (exact) mass is 195 g/mol. The maximum atomic E-state index is 6.00. The van der Waals surface area contributed by atoms with Gasteiger partial charge in [-0.1, -0.05) is 0 Å². The molecule has 0 spiro atoms. The minimum Gasteiger partial charge on any atom is -0.372 e. The van der Waals surface area contributed by atoms with Crippen LogP contribution in [-0.2, 0) is 11.3 Å². The third-order valence-corrected chi connectivity index (χ3v) is 2.67. The minimum absolute atomic E-state index is 0.0454. The summed E-state index contributed by atoms with van der Waals surface area (Å²) in [6.07, 6.45) is 6.04. The van der Waals surface area contributed by atoms with Crippen LogP contribution in [0.25, 0.3) is 0 Å². The first-order valence-electron chi connectivity index (χ1n) is 5.21. The second-order valence-corrected chi connectivity index (χ2v) is 3.73. The molecule has 2 N–H and O–H groups in total. The summed E-state index contributed by atoms with van der Waals surface area (Å²) in [6, 6.07) is 0.123. The van der Waals surface area contributed by atoms with Crippen molar-refractivity contribution in [3.63, 3.8) is 0 Å². The SMILES string of the molecule is CCn1cc([C@@H]2OCCC[C@H]2N)cn1. The number of hydrogen-bond donors (Lipinski definition) is 1. The third kappa shape index (κ3) is 1.81. The molecule has 1 aliphatic rings. The second kappa shape index (κ2) is 4.11. The van der Waals surface area contributed by atoms with Gasteiger partial charge in [0.15, 0.2) is 0 Å². The van der Waals surface area contributed by atoms with Gasteiger partial charge in [-0.05, 0) is 19.8 Å². The molecule has 4 nitrogen and oxygen atoms in total. The Kier molecular flexibility index (Phi) is 2.84. The quantitative estimate of drug-likeness (QED) is 0.768. The molecular weight excluding hydrogens is 178 g/mol. The summed E-state index contributed by atoms with van der Waals surface area (Å²) in [7, 11) is 0. The largest absolute Gasteiger partial charge is 0.372 e. The molecule has 1 aromatic heterocycles. The molecule has 2 heterocycles. The van der Waals surface area contributed by atoms with Crippen molar-refractivity contribution in [2.24, 2.45) is 5.73 Å². The van der Waals surface area contributed by atoms with E-state index in [2.05, 4.69) is 12.0 Å². The maximum absolute atomic E-state index is 6.00. The number of hydrogen-bond acceptors (Lipinski definition) is 3. The number of nitrogens with two attached hydrogens (primary N) is 1. The molecular formula is C10H17N3O. The zero-order chi connectivity index (χ0) is 9.97. The highest BCUT2D eigenvalue weighted by Crippen LogP contribution is 2.26. The van der Waals surface area contributed by atoms with Crippen molar-refractivity contribution in [3.05, 3.63) is 18.0 Å². The number of aryl methyl sites for hydroxylation is 1. The molecule has 1 aliphatic heterocycles. The van der Waals surface area contributed by atoms with Crippen LogP contribution in [0.2, 0.25) is 0 Å². The Balaban J connectivity index is 2.12. The van der Waals surface area contributed by atoms with Gasteiger partial charge < -0.3 is 10.5 Å². The molecule has 0 bridgehead atoms. The zero-order valence-electron chi connectivity index (χ0n) is 8.52. The van der Waals surface area contributed by atoms with Crippen molar-refractivity contribution in [1.29, 1.82) is 0 Å². The predicted molar refractivity (Wildman–Crippen MR) is 53.8 cm³/mol. The molecule has 0 radical (unpaired) electrons. The van der Waals surface area contributed by atoms with Crippen molar-refractivity contribution in [3.8, 4) is 0 Å². The van der Waals surface area contributed by atoms with Gasteiger partial charge in [0.25, 0.3) is 0 Å². The first-order chi connectivity index (χ1) is 6.81. The molecule has 0 aliphatic carbocycles. The van der Waals surface area contributed by atoms with Crippen molar-refractivity contribution in [1.82, 2.24) is 9.78 Å². The lowest BCUT2D eigenvalue weighted by atomic mass is 9.99. The zero-order valence-corrected chi connectivity index (χ0v) is 8.52. The summed E-state index contributed by atoms with van der Waals surface area (Å²) in [5.74, 6) is 0. The average molecular weight is 195 g/mol. The van der Waals surface area contributed by atoms with Gasteiger partial charge in [-0.15, -0.1) is 0 Å². The molecule has 1 aromatic rings. The van der Waals surface area contributed by atoms with E-state index < -0.39 is 0 Å². The highest BCUT2D eigenvalue weighted by molar-refractivity contribution is 5.11. The van der Waals surface area contributed by atoms with E-state index in [0.717, 1.165) is 31.6 Å². The van der Waals surface area contributed by atoms with Crippen LogP contribution in [0.15, 0.2) is 12.4 Å². The van der Waals surface area contributed by atoms with Crippen LogP contribution in [0.4, 0.5) is 0 Å². The Morgan fingerprint density at radius 3 is 3.21 bits per heavy atom. The fourth-order valence-corrected chi connectivity index (χ4v) is 1.85. The summed E-state index contributed by atoms with van der Waals surface area (Å²) in [5, 5.41) is 4.23. The van der Waals surface area contributed by atoms with E-state index in [1.165, 1.54) is 0 Å². The summed E-state index contributed by atoms with van der Waals surface area (Å²) >= 11 is 0. The van der Waals surface area contributed by atoms with E-state index >= 15 is 0 Å². The second-order valence-electron chi connectivity index (χ2n) is 3.73. The molecule has 2 atom stereocenters. The van der Waals surface area contributed by atoms with Gasteiger partial charge in [0, 0.05) is 31.0 Å². The van der Waals surface area contributed by atoms with Gasteiger partial charge in [-0.3, -0.25) is 4.68 Å². The van der Waals surface area contributed by atoms with Crippen LogP contribution < -0.4 is 5.73 Å². The molecule has 14 heavy (non-hydrogen) atoms. The van der Waals surface area contributed by atoms with Gasteiger partial charge in [0.1, 0.15) is 6.10 Å². The molecule has 1 fully saturated rings. The van der Waals surface area contributed by atoms with E-state index in [-0.39, 0.29) is 12.1 Å². The van der Waals surface area contributed by atoms with E-state index in [1.807, 2.05) is 17.1 Å². The van der Waals surface area contributed by atoms with Crippen LogP contribution in [-0.4, -0.2) is 22.4 Å². The topological polar surface area (TPSA) is 53.1 Å². The van der Waals surface area contributed by atoms with E-state index in [4.69, 9.17) is 10.5 Å². The smallest absolute Gasteiger partial charge is 0.101 e. The molecule has 2 rings (SSSR count). The maximum Gasteiger partial charge on any atom is 0.101 e. The van der Waals surface area contributed by atoms with Crippen molar-refractivity contribution < 1.29 is 4.74 Å². The molecule has 0 aromatic carbocycles. The van der Waals surface area contributed by atoms with Gasteiger partial charge in [0.2, 0.25) is 0 Å². The predicted octanol–water partition coefficient (Wildman–Crippen LogP) is 1.08.